The molecule has 0 aliphatic carbocycles. The smallest absolute Gasteiger partial charge is 0.223 e. The van der Waals surface area contributed by atoms with E-state index in [1.54, 1.807) is 11.6 Å². The molecular weight excluding hydrogens is 442 g/mol. The molecular formula is C26H31N7O2. The molecule has 0 spiro atoms. The van der Waals surface area contributed by atoms with Crippen LogP contribution in [-0.2, 0) is 24.2 Å². The second-order valence-corrected chi connectivity index (χ2v) is 9.67. The fourth-order valence-electron chi connectivity index (χ4n) is 5.39. The van der Waals surface area contributed by atoms with E-state index in [2.05, 4.69) is 51.9 Å². The number of anilines is 2. The number of fused-ring (bicyclic) bond motifs is 4. The van der Waals surface area contributed by atoms with Crippen LogP contribution in [0.25, 0.3) is 16.6 Å². The number of nitrogen functional groups attached to an aromatic ring is 1. The fraction of sp³-hybridized carbons (Fsp3) is 0.423. The van der Waals surface area contributed by atoms with E-state index in [-0.39, 0.29) is 12.2 Å². The Morgan fingerprint density at radius 1 is 1.06 bits per heavy atom. The van der Waals surface area contributed by atoms with Gasteiger partial charge < -0.3 is 20.1 Å². The highest BCUT2D eigenvalue weighted by Gasteiger charge is 2.25. The lowest BCUT2D eigenvalue weighted by Crippen LogP contribution is -2.45. The molecule has 2 aliphatic heterocycles. The summed E-state index contributed by atoms with van der Waals surface area (Å²) in [5.74, 6) is 1.75. The third-order valence-electron chi connectivity index (χ3n) is 6.97. The van der Waals surface area contributed by atoms with Crippen LogP contribution in [0.15, 0.2) is 36.4 Å². The largest absolute Gasteiger partial charge is 0.494 e. The molecule has 182 valence electrons. The minimum absolute atomic E-state index is 0.254. The van der Waals surface area contributed by atoms with E-state index in [0.717, 1.165) is 50.4 Å². The Kier molecular flexibility index (Phi) is 5.46. The SMILES string of the molecule is COc1cccc2c1nc(N)n1nc(CCN3Cc4ccc(N5C[C@@H](C)O[C@@H](C)C5)cc4C3)nc21. The van der Waals surface area contributed by atoms with Crippen molar-refractivity contribution in [3.8, 4) is 5.75 Å². The van der Waals surface area contributed by atoms with Crippen molar-refractivity contribution >= 4 is 28.2 Å². The van der Waals surface area contributed by atoms with Crippen molar-refractivity contribution in [2.45, 2.75) is 45.6 Å². The number of methoxy groups -OCH3 is 1. The molecule has 1 saturated heterocycles. The maximum atomic E-state index is 6.20. The molecule has 2 aromatic carbocycles. The molecule has 2 atom stereocenters. The summed E-state index contributed by atoms with van der Waals surface area (Å²) in [7, 11) is 1.63. The first kappa shape index (κ1) is 22.1. The third kappa shape index (κ3) is 4.04. The molecule has 9 heteroatoms. The monoisotopic (exact) mass is 473 g/mol. The highest BCUT2D eigenvalue weighted by molar-refractivity contribution is 5.95. The Morgan fingerprint density at radius 3 is 2.66 bits per heavy atom. The summed E-state index contributed by atoms with van der Waals surface area (Å²) in [4.78, 5) is 14.2. The van der Waals surface area contributed by atoms with Crippen LogP contribution in [0.5, 0.6) is 5.75 Å². The Morgan fingerprint density at radius 2 is 1.86 bits per heavy atom. The van der Waals surface area contributed by atoms with Crippen molar-refractivity contribution in [3.05, 3.63) is 53.3 Å². The zero-order valence-corrected chi connectivity index (χ0v) is 20.4. The molecule has 2 N–H and O–H groups in total. The molecule has 0 amide bonds. The van der Waals surface area contributed by atoms with Crippen molar-refractivity contribution in [2.24, 2.45) is 0 Å². The van der Waals surface area contributed by atoms with Gasteiger partial charge in [-0.15, -0.1) is 5.10 Å². The maximum absolute atomic E-state index is 6.20. The van der Waals surface area contributed by atoms with Gasteiger partial charge in [0.15, 0.2) is 11.5 Å². The number of aromatic nitrogens is 4. The number of benzene rings is 2. The fourth-order valence-corrected chi connectivity index (χ4v) is 5.39. The van der Waals surface area contributed by atoms with Crippen LogP contribution >= 0.6 is 0 Å². The van der Waals surface area contributed by atoms with Gasteiger partial charge in [-0.2, -0.15) is 4.52 Å². The summed E-state index contributed by atoms with van der Waals surface area (Å²) in [5, 5.41) is 5.53. The summed E-state index contributed by atoms with van der Waals surface area (Å²) in [5.41, 5.74) is 11.7. The lowest BCUT2D eigenvalue weighted by Gasteiger charge is -2.37. The van der Waals surface area contributed by atoms with Crippen molar-refractivity contribution in [3.63, 3.8) is 0 Å². The standard InChI is InChI=1S/C26H31N7O2/c1-16-12-32(13-17(2)35-16)20-8-7-18-14-31(15-19(18)11-20)10-9-23-28-25-21-5-4-6-22(34-3)24(21)29-26(27)33(25)30-23/h4-8,11,16-17H,9-10,12-15H2,1-3H3,(H2,27,29)/t16-,17+. The van der Waals surface area contributed by atoms with Crippen LogP contribution in [0.3, 0.4) is 0 Å². The third-order valence-corrected chi connectivity index (χ3v) is 6.97. The van der Waals surface area contributed by atoms with Gasteiger partial charge in [0.05, 0.1) is 19.3 Å². The molecule has 4 heterocycles. The Labute approximate surface area is 204 Å². The first-order valence-corrected chi connectivity index (χ1v) is 12.2. The van der Waals surface area contributed by atoms with Crippen molar-refractivity contribution in [2.75, 3.05) is 37.4 Å². The van der Waals surface area contributed by atoms with Crippen LogP contribution < -0.4 is 15.4 Å². The Balaban J connectivity index is 1.17. The van der Waals surface area contributed by atoms with Gasteiger partial charge in [-0.3, -0.25) is 4.90 Å². The van der Waals surface area contributed by atoms with Crippen molar-refractivity contribution in [1.82, 2.24) is 24.5 Å². The quantitative estimate of drug-likeness (QED) is 0.473. The van der Waals surface area contributed by atoms with Gasteiger partial charge in [0.25, 0.3) is 0 Å². The second-order valence-electron chi connectivity index (χ2n) is 9.67. The van der Waals surface area contributed by atoms with E-state index >= 15 is 0 Å². The minimum atomic E-state index is 0.254. The van der Waals surface area contributed by atoms with E-state index in [1.165, 1.54) is 16.8 Å². The van der Waals surface area contributed by atoms with Crippen LogP contribution in [-0.4, -0.2) is 63.4 Å². The Bertz CT molecular complexity index is 1390. The summed E-state index contributed by atoms with van der Waals surface area (Å²) in [6.07, 6.45) is 1.25. The van der Waals surface area contributed by atoms with Crippen LogP contribution in [0.2, 0.25) is 0 Å². The molecule has 6 rings (SSSR count). The number of ether oxygens (including phenoxy) is 2. The molecule has 1 fully saturated rings. The lowest BCUT2D eigenvalue weighted by atomic mass is 10.1. The first-order valence-electron chi connectivity index (χ1n) is 12.2. The van der Waals surface area contributed by atoms with Gasteiger partial charge in [0, 0.05) is 50.2 Å². The molecule has 0 saturated carbocycles. The number of rotatable bonds is 5. The van der Waals surface area contributed by atoms with E-state index in [0.29, 0.717) is 22.9 Å². The highest BCUT2D eigenvalue weighted by Crippen LogP contribution is 2.30. The zero-order valence-electron chi connectivity index (χ0n) is 20.4. The maximum Gasteiger partial charge on any atom is 0.223 e. The molecule has 9 nitrogen and oxygen atoms in total. The van der Waals surface area contributed by atoms with E-state index in [9.17, 15) is 0 Å². The summed E-state index contributed by atoms with van der Waals surface area (Å²) in [6, 6.07) is 12.7. The molecule has 2 aliphatic rings. The number of nitrogens with zero attached hydrogens (tertiary/aromatic N) is 6. The number of hydrogen-bond donors (Lipinski definition) is 1. The molecule has 0 bridgehead atoms. The average Bonchev–Trinajstić information content (AvgIpc) is 3.46. The molecule has 0 radical (unpaired) electrons. The lowest BCUT2D eigenvalue weighted by molar-refractivity contribution is -0.00522. The van der Waals surface area contributed by atoms with Gasteiger partial charge in [0.1, 0.15) is 11.3 Å². The molecule has 0 unspecified atom stereocenters. The predicted molar refractivity (Wildman–Crippen MR) is 136 cm³/mol. The average molecular weight is 474 g/mol. The van der Waals surface area contributed by atoms with Gasteiger partial charge in [-0.1, -0.05) is 12.1 Å². The van der Waals surface area contributed by atoms with E-state index < -0.39 is 0 Å². The minimum Gasteiger partial charge on any atom is -0.494 e. The van der Waals surface area contributed by atoms with Crippen LogP contribution in [0, 0.1) is 0 Å². The zero-order chi connectivity index (χ0) is 24.1. The van der Waals surface area contributed by atoms with Gasteiger partial charge in [-0.05, 0) is 49.2 Å². The molecule has 2 aromatic heterocycles. The van der Waals surface area contributed by atoms with Gasteiger partial charge >= 0.3 is 0 Å². The number of morpholine rings is 1. The number of hydrogen-bond acceptors (Lipinski definition) is 8. The number of para-hydroxylation sites is 1. The van der Waals surface area contributed by atoms with Gasteiger partial charge in [0.2, 0.25) is 5.95 Å². The van der Waals surface area contributed by atoms with Crippen molar-refractivity contribution in [1.29, 1.82) is 0 Å². The van der Waals surface area contributed by atoms with Crippen molar-refractivity contribution < 1.29 is 9.47 Å². The van der Waals surface area contributed by atoms with Gasteiger partial charge in [-0.25, -0.2) is 9.97 Å². The van der Waals surface area contributed by atoms with Crippen LogP contribution in [0.1, 0.15) is 30.8 Å². The molecule has 35 heavy (non-hydrogen) atoms. The summed E-state index contributed by atoms with van der Waals surface area (Å²) in [6.45, 7) is 8.93. The van der Waals surface area contributed by atoms with E-state index in [4.69, 9.17) is 20.2 Å². The Hall–Kier alpha value is -3.43. The topological polar surface area (TPSA) is 94.0 Å². The van der Waals surface area contributed by atoms with E-state index in [1.807, 2.05) is 18.2 Å². The highest BCUT2D eigenvalue weighted by atomic mass is 16.5. The number of nitrogens with two attached hydrogens (primary N) is 1. The first-order chi connectivity index (χ1) is 17.0. The summed E-state index contributed by atoms with van der Waals surface area (Å²) >= 11 is 0. The normalized spacial score (nSPS) is 20.6. The molecule has 4 aromatic rings. The van der Waals surface area contributed by atoms with Crippen LogP contribution in [0.4, 0.5) is 11.6 Å². The second kappa shape index (κ2) is 8.66. The summed E-state index contributed by atoms with van der Waals surface area (Å²) < 4.78 is 13.0. The predicted octanol–water partition coefficient (Wildman–Crippen LogP) is 3.04.